The maximum absolute atomic E-state index is 12.9. The summed E-state index contributed by atoms with van der Waals surface area (Å²) in [6.07, 6.45) is -0.396. The Balaban J connectivity index is 1.72. The lowest BCUT2D eigenvalue weighted by molar-refractivity contribution is -0.137. The number of alkyl halides is 3. The molecule has 0 bridgehead atoms. The first kappa shape index (κ1) is 18.1. The molecule has 5 nitrogen and oxygen atoms in total. The summed E-state index contributed by atoms with van der Waals surface area (Å²) in [4.78, 5) is 5.42. The van der Waals surface area contributed by atoms with Crippen LogP contribution in [0.1, 0.15) is 24.0 Å². The maximum Gasteiger partial charge on any atom is 0.416 e. The Hall–Kier alpha value is -2.32. The molecule has 0 radical (unpaired) electrons. The first-order chi connectivity index (χ1) is 12.8. The number of nitrogens with zero attached hydrogens (tertiary/aromatic N) is 4. The molecule has 1 atom stereocenters. The molecule has 0 saturated heterocycles. The molecule has 2 heterocycles. The van der Waals surface area contributed by atoms with Crippen LogP contribution in [0.2, 0.25) is 5.02 Å². The van der Waals surface area contributed by atoms with E-state index in [1.54, 1.807) is 17.3 Å². The summed E-state index contributed by atoms with van der Waals surface area (Å²) in [5, 5.41) is 17.2. The third kappa shape index (κ3) is 3.59. The fourth-order valence-electron chi connectivity index (χ4n) is 2.97. The van der Waals surface area contributed by atoms with Gasteiger partial charge >= 0.3 is 6.18 Å². The molecule has 0 amide bonds. The van der Waals surface area contributed by atoms with Crippen LogP contribution >= 0.6 is 11.6 Å². The second kappa shape index (κ2) is 6.69. The van der Waals surface area contributed by atoms with Crippen molar-refractivity contribution in [1.82, 2.24) is 9.99 Å². The largest absolute Gasteiger partial charge is 0.416 e. The smallest absolute Gasteiger partial charge is 0.355 e. The Labute approximate surface area is 158 Å². The van der Waals surface area contributed by atoms with Crippen molar-refractivity contribution in [2.75, 3.05) is 11.4 Å². The zero-order chi connectivity index (χ0) is 19.2. The van der Waals surface area contributed by atoms with Crippen molar-refractivity contribution in [1.29, 1.82) is 0 Å². The number of amidine groups is 1. The van der Waals surface area contributed by atoms with Gasteiger partial charge in [-0.3, -0.25) is 9.88 Å². The third-order valence-corrected chi connectivity index (χ3v) is 4.88. The minimum absolute atomic E-state index is 0.341. The van der Waals surface area contributed by atoms with Crippen molar-refractivity contribution in [2.24, 2.45) is 11.0 Å². The first-order valence-corrected chi connectivity index (χ1v) is 8.82. The number of aromatic nitrogens is 1. The van der Waals surface area contributed by atoms with Crippen LogP contribution in [0.15, 0.2) is 47.8 Å². The standard InChI is InChI=1S/C18H16ClF3N4O/c19-15-9-23-8-7-14(15)16-24-25(10-11-1-2-11)17(27)26(16)13-5-3-12(4-6-13)18(20,21)22/h3-9,11,17,27H,1-2,10H2. The summed E-state index contributed by atoms with van der Waals surface area (Å²) >= 11 is 6.24. The quantitative estimate of drug-likeness (QED) is 0.851. The lowest BCUT2D eigenvalue weighted by atomic mass is 10.1. The summed E-state index contributed by atoms with van der Waals surface area (Å²) in [6.45, 7) is 0.574. The van der Waals surface area contributed by atoms with Gasteiger partial charge in [-0.15, -0.1) is 0 Å². The Morgan fingerprint density at radius 3 is 2.44 bits per heavy atom. The number of aliphatic hydroxyl groups excluding tert-OH is 1. The van der Waals surface area contributed by atoms with Crippen LogP contribution < -0.4 is 4.90 Å². The van der Waals surface area contributed by atoms with Crippen LogP contribution in [-0.2, 0) is 6.18 Å². The normalized spacial score (nSPS) is 20.2. The van der Waals surface area contributed by atoms with Crippen LogP contribution in [0, 0.1) is 5.92 Å². The van der Waals surface area contributed by atoms with Gasteiger partial charge in [-0.2, -0.15) is 18.3 Å². The molecule has 1 unspecified atom stereocenters. The molecule has 1 aliphatic carbocycles. The molecule has 1 aliphatic heterocycles. The molecule has 1 aromatic heterocycles. The average Bonchev–Trinajstić information content (AvgIpc) is 3.38. The van der Waals surface area contributed by atoms with Crippen molar-refractivity contribution < 1.29 is 18.3 Å². The molecule has 1 aromatic carbocycles. The zero-order valence-electron chi connectivity index (χ0n) is 14.1. The van der Waals surface area contributed by atoms with E-state index in [0.717, 1.165) is 25.0 Å². The van der Waals surface area contributed by atoms with E-state index in [1.165, 1.54) is 23.2 Å². The van der Waals surface area contributed by atoms with Gasteiger partial charge in [0.2, 0.25) is 6.35 Å². The lowest BCUT2D eigenvalue weighted by Gasteiger charge is -2.28. The molecule has 0 spiro atoms. The van der Waals surface area contributed by atoms with Gasteiger partial charge in [0.15, 0.2) is 5.84 Å². The van der Waals surface area contributed by atoms with E-state index in [4.69, 9.17) is 11.6 Å². The summed E-state index contributed by atoms with van der Waals surface area (Å²) in [5.74, 6) is 0.834. The molecule has 1 saturated carbocycles. The monoisotopic (exact) mass is 396 g/mol. The molecule has 4 rings (SSSR count). The van der Waals surface area contributed by atoms with E-state index in [1.807, 2.05) is 0 Å². The van der Waals surface area contributed by atoms with Gasteiger partial charge in [-0.1, -0.05) is 11.6 Å². The first-order valence-electron chi connectivity index (χ1n) is 8.44. The van der Waals surface area contributed by atoms with Gasteiger partial charge in [-0.05, 0) is 49.1 Å². The van der Waals surface area contributed by atoms with E-state index < -0.39 is 18.1 Å². The van der Waals surface area contributed by atoms with E-state index in [2.05, 4.69) is 10.1 Å². The lowest BCUT2D eigenvalue weighted by Crippen LogP contribution is -2.43. The number of hydrogen-bond donors (Lipinski definition) is 1. The van der Waals surface area contributed by atoms with Gasteiger partial charge in [-0.25, -0.2) is 5.01 Å². The summed E-state index contributed by atoms with van der Waals surface area (Å²) in [5.41, 5.74) is 0.180. The Bertz CT molecular complexity index is 868. The Morgan fingerprint density at radius 1 is 1.15 bits per heavy atom. The van der Waals surface area contributed by atoms with E-state index in [0.29, 0.717) is 34.6 Å². The maximum atomic E-state index is 12.9. The number of hydrazone groups is 1. The predicted octanol–water partition coefficient (Wildman–Crippen LogP) is 3.92. The molecule has 27 heavy (non-hydrogen) atoms. The molecule has 1 N–H and O–H groups in total. The predicted molar refractivity (Wildman–Crippen MR) is 95.1 cm³/mol. The van der Waals surface area contributed by atoms with E-state index in [-0.39, 0.29) is 0 Å². The highest BCUT2D eigenvalue weighted by Gasteiger charge is 2.38. The molecular formula is C18H16ClF3N4O. The minimum atomic E-state index is -4.43. The van der Waals surface area contributed by atoms with Gasteiger partial charge in [0.1, 0.15) is 0 Å². The average molecular weight is 397 g/mol. The Kier molecular flexibility index (Phi) is 4.47. The topological polar surface area (TPSA) is 52.0 Å². The molecule has 2 aliphatic rings. The summed E-state index contributed by atoms with van der Waals surface area (Å²) < 4.78 is 38.6. The SMILES string of the molecule is OC1N(CC2CC2)N=C(c2ccncc2Cl)N1c1ccc(C(F)(F)F)cc1. The highest BCUT2D eigenvalue weighted by atomic mass is 35.5. The van der Waals surface area contributed by atoms with Crippen LogP contribution in [0.4, 0.5) is 18.9 Å². The van der Waals surface area contributed by atoms with Crippen molar-refractivity contribution >= 4 is 23.1 Å². The fourth-order valence-corrected chi connectivity index (χ4v) is 3.17. The molecule has 142 valence electrons. The van der Waals surface area contributed by atoms with Gasteiger partial charge < -0.3 is 5.11 Å². The van der Waals surface area contributed by atoms with Crippen LogP contribution in [-0.4, -0.2) is 33.8 Å². The van der Waals surface area contributed by atoms with Gasteiger partial charge in [0.25, 0.3) is 0 Å². The van der Waals surface area contributed by atoms with Gasteiger partial charge in [0, 0.05) is 30.2 Å². The summed E-state index contributed by atoms with van der Waals surface area (Å²) in [7, 11) is 0. The third-order valence-electron chi connectivity index (χ3n) is 4.58. The molecule has 9 heteroatoms. The zero-order valence-corrected chi connectivity index (χ0v) is 14.8. The van der Waals surface area contributed by atoms with Crippen LogP contribution in [0.25, 0.3) is 0 Å². The highest BCUT2D eigenvalue weighted by molar-refractivity contribution is 6.35. The second-order valence-corrected chi connectivity index (χ2v) is 7.01. The van der Waals surface area contributed by atoms with Crippen molar-refractivity contribution in [2.45, 2.75) is 25.4 Å². The van der Waals surface area contributed by atoms with Crippen LogP contribution in [0.5, 0.6) is 0 Å². The summed E-state index contributed by atoms with van der Waals surface area (Å²) in [6, 6.07) is 6.26. The number of rotatable bonds is 4. The number of aliphatic hydroxyl groups is 1. The number of pyridine rings is 1. The highest BCUT2D eigenvalue weighted by Crippen LogP contribution is 2.36. The minimum Gasteiger partial charge on any atom is -0.355 e. The number of anilines is 1. The number of halogens is 4. The van der Waals surface area contributed by atoms with Crippen molar-refractivity contribution in [3.63, 3.8) is 0 Å². The Morgan fingerprint density at radius 2 is 1.85 bits per heavy atom. The molecule has 1 fully saturated rings. The number of hydrogen-bond acceptors (Lipinski definition) is 5. The van der Waals surface area contributed by atoms with E-state index >= 15 is 0 Å². The van der Waals surface area contributed by atoms with Crippen molar-refractivity contribution in [3.05, 3.63) is 58.9 Å². The molecule has 2 aromatic rings. The molecular weight excluding hydrogens is 381 g/mol. The van der Waals surface area contributed by atoms with Gasteiger partial charge in [0.05, 0.1) is 10.6 Å². The fraction of sp³-hybridized carbons (Fsp3) is 0.333. The number of benzene rings is 1. The second-order valence-electron chi connectivity index (χ2n) is 6.61. The van der Waals surface area contributed by atoms with Crippen molar-refractivity contribution in [3.8, 4) is 0 Å². The van der Waals surface area contributed by atoms with E-state index in [9.17, 15) is 18.3 Å². The van der Waals surface area contributed by atoms with Crippen LogP contribution in [0.3, 0.4) is 0 Å².